The van der Waals surface area contributed by atoms with Crippen LogP contribution in [-0.2, 0) is 13.1 Å². The van der Waals surface area contributed by atoms with Gasteiger partial charge in [0.25, 0.3) is 5.91 Å². The predicted molar refractivity (Wildman–Crippen MR) is 109 cm³/mol. The third-order valence-electron chi connectivity index (χ3n) is 5.29. The Labute approximate surface area is 164 Å². The SMILES string of the molecule is O=C(NCc1ccccc1CN1CCCCC1)c1cc2ccccc2oc1=O. The lowest BCUT2D eigenvalue weighted by Gasteiger charge is -2.27. The molecule has 0 aliphatic carbocycles. The number of fused-ring (bicyclic) bond motifs is 1. The number of amides is 1. The van der Waals surface area contributed by atoms with Crippen LogP contribution in [0.1, 0.15) is 40.7 Å². The first-order valence-electron chi connectivity index (χ1n) is 9.81. The molecule has 1 aliphatic heterocycles. The summed E-state index contributed by atoms with van der Waals surface area (Å²) < 4.78 is 5.27. The summed E-state index contributed by atoms with van der Waals surface area (Å²) in [5, 5.41) is 3.61. The Morgan fingerprint density at radius 2 is 1.68 bits per heavy atom. The van der Waals surface area contributed by atoms with Crippen molar-refractivity contribution in [2.45, 2.75) is 32.4 Å². The lowest BCUT2D eigenvalue weighted by Crippen LogP contribution is -2.31. The van der Waals surface area contributed by atoms with Crippen molar-refractivity contribution < 1.29 is 9.21 Å². The first-order valence-corrected chi connectivity index (χ1v) is 9.81. The van der Waals surface area contributed by atoms with E-state index in [9.17, 15) is 9.59 Å². The second-order valence-corrected chi connectivity index (χ2v) is 7.27. The van der Waals surface area contributed by atoms with Crippen molar-refractivity contribution in [3.8, 4) is 0 Å². The zero-order valence-corrected chi connectivity index (χ0v) is 15.8. The molecule has 0 saturated carbocycles. The van der Waals surface area contributed by atoms with Gasteiger partial charge in [-0.1, -0.05) is 48.9 Å². The number of benzene rings is 2. The molecule has 0 bridgehead atoms. The summed E-state index contributed by atoms with van der Waals surface area (Å²) >= 11 is 0. The number of piperidine rings is 1. The number of likely N-dealkylation sites (tertiary alicyclic amines) is 1. The summed E-state index contributed by atoms with van der Waals surface area (Å²) in [5.74, 6) is -0.410. The zero-order chi connectivity index (χ0) is 19.3. The normalized spacial score (nSPS) is 14.9. The van der Waals surface area contributed by atoms with E-state index in [1.807, 2.05) is 30.3 Å². The summed E-state index contributed by atoms with van der Waals surface area (Å²) in [5.41, 5.74) is 2.20. The Bertz CT molecular complexity index is 1040. The molecule has 1 amide bonds. The van der Waals surface area contributed by atoms with Gasteiger partial charge in [-0.2, -0.15) is 0 Å². The van der Waals surface area contributed by atoms with Crippen molar-refractivity contribution in [3.05, 3.63) is 81.7 Å². The number of carbonyl (C=O) groups is 1. The van der Waals surface area contributed by atoms with E-state index < -0.39 is 11.5 Å². The second-order valence-electron chi connectivity index (χ2n) is 7.27. The first kappa shape index (κ1) is 18.4. The quantitative estimate of drug-likeness (QED) is 0.690. The van der Waals surface area contributed by atoms with Crippen LogP contribution >= 0.6 is 0 Å². The topological polar surface area (TPSA) is 62.6 Å². The average molecular weight is 376 g/mol. The molecule has 0 atom stereocenters. The molecule has 0 spiro atoms. The van der Waals surface area contributed by atoms with Gasteiger partial charge in [0.2, 0.25) is 0 Å². The molecule has 1 fully saturated rings. The van der Waals surface area contributed by atoms with E-state index in [1.165, 1.54) is 24.8 Å². The lowest BCUT2D eigenvalue weighted by molar-refractivity contribution is 0.0947. The van der Waals surface area contributed by atoms with Crippen LogP contribution in [0.2, 0.25) is 0 Å². The Balaban J connectivity index is 1.48. The first-order chi connectivity index (χ1) is 13.7. The van der Waals surface area contributed by atoms with Gasteiger partial charge in [-0.25, -0.2) is 4.79 Å². The van der Waals surface area contributed by atoms with Crippen LogP contribution in [0.25, 0.3) is 11.0 Å². The van der Waals surface area contributed by atoms with Crippen LogP contribution < -0.4 is 10.9 Å². The van der Waals surface area contributed by atoms with Crippen molar-refractivity contribution in [1.29, 1.82) is 0 Å². The van der Waals surface area contributed by atoms with E-state index in [1.54, 1.807) is 18.2 Å². The molecule has 3 aromatic rings. The molecule has 2 heterocycles. The van der Waals surface area contributed by atoms with Crippen LogP contribution in [0.5, 0.6) is 0 Å². The number of hydrogen-bond acceptors (Lipinski definition) is 4. The van der Waals surface area contributed by atoms with Crippen molar-refractivity contribution in [3.63, 3.8) is 0 Å². The Kier molecular flexibility index (Phi) is 5.53. The van der Waals surface area contributed by atoms with E-state index >= 15 is 0 Å². The van der Waals surface area contributed by atoms with Gasteiger partial charge in [-0.15, -0.1) is 0 Å². The standard InChI is InChI=1S/C23H24N2O3/c26-22(20-14-17-8-4-5-11-21(17)28-23(20)27)24-15-18-9-2-3-10-19(18)16-25-12-6-1-7-13-25/h2-5,8-11,14H,1,6-7,12-13,15-16H2,(H,24,26). The van der Waals surface area contributed by atoms with E-state index in [2.05, 4.69) is 16.3 Å². The molecule has 4 rings (SSSR count). The smallest absolute Gasteiger partial charge is 0.349 e. The van der Waals surface area contributed by atoms with Gasteiger partial charge in [0.1, 0.15) is 11.1 Å². The van der Waals surface area contributed by atoms with Crippen LogP contribution in [0.4, 0.5) is 0 Å². The van der Waals surface area contributed by atoms with Crippen LogP contribution in [0.15, 0.2) is 63.8 Å². The Morgan fingerprint density at radius 3 is 2.50 bits per heavy atom. The van der Waals surface area contributed by atoms with Crippen molar-refractivity contribution in [2.75, 3.05) is 13.1 Å². The fraction of sp³-hybridized carbons (Fsp3) is 0.304. The minimum Gasteiger partial charge on any atom is -0.422 e. The summed E-state index contributed by atoms with van der Waals surface area (Å²) in [6, 6.07) is 16.9. The molecule has 2 aromatic carbocycles. The third-order valence-corrected chi connectivity index (χ3v) is 5.29. The molecule has 144 valence electrons. The molecule has 5 heteroatoms. The van der Waals surface area contributed by atoms with E-state index in [-0.39, 0.29) is 5.56 Å². The van der Waals surface area contributed by atoms with Crippen molar-refractivity contribution >= 4 is 16.9 Å². The number of carbonyl (C=O) groups excluding carboxylic acids is 1. The zero-order valence-electron chi connectivity index (χ0n) is 15.8. The molecular formula is C23H24N2O3. The van der Waals surface area contributed by atoms with Gasteiger partial charge in [0.15, 0.2) is 0 Å². The highest BCUT2D eigenvalue weighted by atomic mass is 16.4. The minimum absolute atomic E-state index is 0.0345. The molecule has 1 aromatic heterocycles. The summed E-state index contributed by atoms with van der Waals surface area (Å²) in [6.45, 7) is 3.52. The number of nitrogens with one attached hydrogen (secondary N) is 1. The monoisotopic (exact) mass is 376 g/mol. The number of hydrogen-bond donors (Lipinski definition) is 1. The molecule has 1 N–H and O–H groups in total. The minimum atomic E-state index is -0.613. The maximum Gasteiger partial charge on any atom is 0.349 e. The molecule has 1 aliphatic rings. The van der Waals surface area contributed by atoms with Gasteiger partial charge in [-0.05, 0) is 49.2 Å². The maximum absolute atomic E-state index is 12.6. The fourth-order valence-corrected chi connectivity index (χ4v) is 3.73. The molecule has 1 saturated heterocycles. The highest BCUT2D eigenvalue weighted by Gasteiger charge is 2.15. The Hall–Kier alpha value is -2.92. The lowest BCUT2D eigenvalue weighted by atomic mass is 10.0. The van der Waals surface area contributed by atoms with E-state index in [4.69, 9.17) is 4.42 Å². The molecule has 28 heavy (non-hydrogen) atoms. The molecule has 0 unspecified atom stereocenters. The summed E-state index contributed by atoms with van der Waals surface area (Å²) in [7, 11) is 0. The highest BCUT2D eigenvalue weighted by Crippen LogP contribution is 2.17. The molecular weight excluding hydrogens is 352 g/mol. The predicted octanol–water partition coefficient (Wildman–Crippen LogP) is 3.71. The summed E-state index contributed by atoms with van der Waals surface area (Å²) in [4.78, 5) is 27.2. The van der Waals surface area contributed by atoms with Crippen molar-refractivity contribution in [2.24, 2.45) is 0 Å². The van der Waals surface area contributed by atoms with Crippen LogP contribution in [0.3, 0.4) is 0 Å². The average Bonchev–Trinajstić information content (AvgIpc) is 2.73. The van der Waals surface area contributed by atoms with Gasteiger partial charge >= 0.3 is 5.63 Å². The second kappa shape index (κ2) is 8.40. The largest absolute Gasteiger partial charge is 0.422 e. The number of rotatable bonds is 5. The van der Waals surface area contributed by atoms with Crippen molar-refractivity contribution in [1.82, 2.24) is 10.2 Å². The van der Waals surface area contributed by atoms with Gasteiger partial charge in [-0.3, -0.25) is 9.69 Å². The van der Waals surface area contributed by atoms with E-state index in [0.29, 0.717) is 12.1 Å². The molecule has 0 radical (unpaired) electrons. The third kappa shape index (κ3) is 4.15. The van der Waals surface area contributed by atoms with Crippen LogP contribution in [-0.4, -0.2) is 23.9 Å². The summed E-state index contributed by atoms with van der Waals surface area (Å²) in [6.07, 6.45) is 3.80. The number of para-hydroxylation sites is 1. The Morgan fingerprint density at radius 1 is 0.964 bits per heavy atom. The molecule has 5 nitrogen and oxygen atoms in total. The van der Waals surface area contributed by atoms with Gasteiger partial charge < -0.3 is 9.73 Å². The van der Waals surface area contributed by atoms with E-state index in [0.717, 1.165) is 30.6 Å². The maximum atomic E-state index is 12.6. The highest BCUT2D eigenvalue weighted by molar-refractivity contribution is 5.96. The van der Waals surface area contributed by atoms with Gasteiger partial charge in [0, 0.05) is 18.5 Å². The van der Waals surface area contributed by atoms with Gasteiger partial charge in [0.05, 0.1) is 0 Å². The number of nitrogens with zero attached hydrogens (tertiary/aromatic N) is 1. The van der Waals surface area contributed by atoms with Crippen LogP contribution in [0, 0.1) is 0 Å². The fourth-order valence-electron chi connectivity index (χ4n) is 3.73.